The van der Waals surface area contributed by atoms with Crippen LogP contribution in [0.2, 0.25) is 0 Å². The molecule has 1 unspecified atom stereocenters. The zero-order valence-electron chi connectivity index (χ0n) is 10.0. The normalized spacial score (nSPS) is 12.6. The molecular formula is C15H16O2S. The lowest BCUT2D eigenvalue weighted by Crippen LogP contribution is -2.13. The Hall–Kier alpha value is -1.45. The fraction of sp³-hybridized carbons (Fsp3) is 0.200. The summed E-state index contributed by atoms with van der Waals surface area (Å²) in [5.41, 5.74) is 2.05. The second-order valence-corrected chi connectivity index (χ2v) is 5.65. The van der Waals surface area contributed by atoms with Gasteiger partial charge in [0.25, 0.3) is 0 Å². The van der Waals surface area contributed by atoms with Gasteiger partial charge in [0.15, 0.2) is 0 Å². The van der Waals surface area contributed by atoms with Crippen molar-refractivity contribution in [3.8, 4) is 0 Å². The number of hydrogen-bond acceptors (Lipinski definition) is 2. The van der Waals surface area contributed by atoms with Gasteiger partial charge in [-0.25, -0.2) is 0 Å². The Morgan fingerprint density at radius 3 is 1.72 bits per heavy atom. The molecule has 0 spiro atoms. The third kappa shape index (κ3) is 3.06. The van der Waals surface area contributed by atoms with Crippen molar-refractivity contribution >= 4 is 10.8 Å². The highest BCUT2D eigenvalue weighted by atomic mass is 32.2. The second kappa shape index (κ2) is 6.47. The zero-order chi connectivity index (χ0) is 12.8. The van der Waals surface area contributed by atoms with Crippen molar-refractivity contribution in [3.63, 3.8) is 0 Å². The maximum absolute atomic E-state index is 12.3. The Kier molecular flexibility index (Phi) is 4.67. The summed E-state index contributed by atoms with van der Waals surface area (Å²) in [6, 6.07) is 19.6. The highest BCUT2D eigenvalue weighted by Gasteiger charge is 2.20. The molecule has 3 heteroatoms. The summed E-state index contributed by atoms with van der Waals surface area (Å²) in [4.78, 5) is 0. The van der Waals surface area contributed by atoms with E-state index in [0.29, 0.717) is 5.75 Å². The van der Waals surface area contributed by atoms with Crippen molar-refractivity contribution in [3.05, 3.63) is 71.8 Å². The van der Waals surface area contributed by atoms with Crippen LogP contribution in [0, 0.1) is 0 Å². The van der Waals surface area contributed by atoms with Crippen LogP contribution in [0.25, 0.3) is 0 Å². The van der Waals surface area contributed by atoms with Crippen LogP contribution in [-0.4, -0.2) is 21.7 Å². The molecule has 0 bridgehead atoms. The Morgan fingerprint density at radius 1 is 0.889 bits per heavy atom. The lowest BCUT2D eigenvalue weighted by atomic mass is 10.0. The number of rotatable bonds is 5. The predicted octanol–water partition coefficient (Wildman–Crippen LogP) is 2.52. The van der Waals surface area contributed by atoms with Gasteiger partial charge in [-0.3, -0.25) is 4.21 Å². The van der Waals surface area contributed by atoms with E-state index in [1.165, 1.54) is 0 Å². The van der Waals surface area contributed by atoms with E-state index in [-0.39, 0.29) is 11.9 Å². The molecule has 0 heterocycles. The fourth-order valence-electron chi connectivity index (χ4n) is 1.96. The fourth-order valence-corrected chi connectivity index (χ4v) is 3.30. The average Bonchev–Trinajstić information content (AvgIpc) is 2.42. The Morgan fingerprint density at radius 2 is 1.33 bits per heavy atom. The van der Waals surface area contributed by atoms with E-state index >= 15 is 0 Å². The van der Waals surface area contributed by atoms with Gasteiger partial charge >= 0.3 is 0 Å². The Balaban J connectivity index is 2.38. The molecule has 0 aliphatic heterocycles. The van der Waals surface area contributed by atoms with Crippen LogP contribution in [0.3, 0.4) is 0 Å². The number of aliphatic hydroxyl groups excluding tert-OH is 1. The van der Waals surface area contributed by atoms with Gasteiger partial charge in [-0.05, 0) is 11.1 Å². The van der Waals surface area contributed by atoms with Crippen LogP contribution in [0.1, 0.15) is 16.4 Å². The largest absolute Gasteiger partial charge is 0.395 e. The molecule has 0 aromatic heterocycles. The highest BCUT2D eigenvalue weighted by Crippen LogP contribution is 2.27. The summed E-state index contributed by atoms with van der Waals surface area (Å²) in [7, 11) is -1.11. The van der Waals surface area contributed by atoms with Crippen LogP contribution < -0.4 is 0 Å². The first-order valence-electron chi connectivity index (χ1n) is 5.91. The quantitative estimate of drug-likeness (QED) is 0.897. The monoisotopic (exact) mass is 260 g/mol. The molecule has 18 heavy (non-hydrogen) atoms. The van der Waals surface area contributed by atoms with E-state index in [9.17, 15) is 4.21 Å². The maximum atomic E-state index is 12.3. The zero-order valence-corrected chi connectivity index (χ0v) is 10.8. The van der Waals surface area contributed by atoms with Gasteiger partial charge in [0.2, 0.25) is 0 Å². The predicted molar refractivity (Wildman–Crippen MR) is 74.8 cm³/mol. The molecular weight excluding hydrogens is 244 g/mol. The summed E-state index contributed by atoms with van der Waals surface area (Å²) >= 11 is 0. The molecule has 2 rings (SSSR count). The van der Waals surface area contributed by atoms with Gasteiger partial charge in [0, 0.05) is 16.6 Å². The van der Waals surface area contributed by atoms with E-state index in [4.69, 9.17) is 5.11 Å². The second-order valence-electron chi connectivity index (χ2n) is 4.01. The molecule has 2 aromatic rings. The van der Waals surface area contributed by atoms with Crippen LogP contribution in [0.15, 0.2) is 60.7 Å². The lowest BCUT2D eigenvalue weighted by Gasteiger charge is -2.17. The average molecular weight is 260 g/mol. The summed E-state index contributed by atoms with van der Waals surface area (Å²) in [5, 5.41) is 8.82. The summed E-state index contributed by atoms with van der Waals surface area (Å²) < 4.78 is 12.3. The minimum Gasteiger partial charge on any atom is -0.395 e. The molecule has 0 radical (unpaired) electrons. The molecule has 0 amide bonds. The smallest absolute Gasteiger partial charge is 0.0847 e. The van der Waals surface area contributed by atoms with Crippen LogP contribution in [0.5, 0.6) is 0 Å². The standard InChI is InChI=1S/C15H16O2S/c16-11-12-18(17)15(13-7-3-1-4-8-13)14-9-5-2-6-10-14/h1-10,15-16H,11-12H2. The summed E-state index contributed by atoms with van der Waals surface area (Å²) in [6.45, 7) is -0.0528. The SMILES string of the molecule is O=S(CCO)C(c1ccccc1)c1ccccc1. The molecule has 0 fully saturated rings. The topological polar surface area (TPSA) is 37.3 Å². The Bertz CT molecular complexity index is 457. The van der Waals surface area contributed by atoms with E-state index in [2.05, 4.69) is 0 Å². The van der Waals surface area contributed by atoms with E-state index in [1.54, 1.807) is 0 Å². The first-order chi connectivity index (χ1) is 8.83. The van der Waals surface area contributed by atoms with Crippen LogP contribution in [-0.2, 0) is 10.8 Å². The van der Waals surface area contributed by atoms with Crippen molar-refractivity contribution in [2.45, 2.75) is 5.25 Å². The number of benzene rings is 2. The van der Waals surface area contributed by atoms with Gasteiger partial charge in [-0.2, -0.15) is 0 Å². The minimum absolute atomic E-state index is 0.0528. The van der Waals surface area contributed by atoms with Gasteiger partial charge in [-0.15, -0.1) is 0 Å². The molecule has 1 N–H and O–H groups in total. The van der Waals surface area contributed by atoms with Gasteiger partial charge in [-0.1, -0.05) is 60.7 Å². The first-order valence-corrected chi connectivity index (χ1v) is 7.29. The maximum Gasteiger partial charge on any atom is 0.0847 e. The van der Waals surface area contributed by atoms with E-state index < -0.39 is 10.8 Å². The molecule has 1 atom stereocenters. The van der Waals surface area contributed by atoms with Crippen LogP contribution in [0.4, 0.5) is 0 Å². The van der Waals surface area contributed by atoms with Crippen molar-refractivity contribution in [2.24, 2.45) is 0 Å². The molecule has 2 aromatic carbocycles. The van der Waals surface area contributed by atoms with Gasteiger partial charge in [0.05, 0.1) is 11.9 Å². The van der Waals surface area contributed by atoms with Crippen molar-refractivity contribution in [2.75, 3.05) is 12.4 Å². The molecule has 0 saturated heterocycles. The highest BCUT2D eigenvalue weighted by molar-refractivity contribution is 7.85. The Labute approximate surface area is 110 Å². The van der Waals surface area contributed by atoms with Crippen molar-refractivity contribution < 1.29 is 9.32 Å². The van der Waals surface area contributed by atoms with E-state index in [0.717, 1.165) is 11.1 Å². The summed E-state index contributed by atoms with van der Waals surface area (Å²) in [6.07, 6.45) is 0. The molecule has 94 valence electrons. The minimum atomic E-state index is -1.11. The van der Waals surface area contributed by atoms with Crippen LogP contribution >= 0.6 is 0 Å². The molecule has 0 aliphatic rings. The number of aliphatic hydroxyl groups is 1. The van der Waals surface area contributed by atoms with Gasteiger partial charge in [0.1, 0.15) is 0 Å². The molecule has 0 saturated carbocycles. The third-order valence-electron chi connectivity index (χ3n) is 2.76. The van der Waals surface area contributed by atoms with Crippen molar-refractivity contribution in [1.82, 2.24) is 0 Å². The van der Waals surface area contributed by atoms with Crippen molar-refractivity contribution in [1.29, 1.82) is 0 Å². The number of hydrogen-bond donors (Lipinski definition) is 1. The van der Waals surface area contributed by atoms with E-state index in [1.807, 2.05) is 60.7 Å². The lowest BCUT2D eigenvalue weighted by molar-refractivity contribution is 0.321. The third-order valence-corrected chi connectivity index (χ3v) is 4.42. The molecule has 0 aliphatic carbocycles. The first kappa shape index (κ1) is 13.0. The molecule has 2 nitrogen and oxygen atoms in total. The van der Waals surface area contributed by atoms with Gasteiger partial charge < -0.3 is 5.11 Å². The summed E-state index contributed by atoms with van der Waals surface area (Å²) in [5.74, 6) is 0.300.